The first kappa shape index (κ1) is 21.5. The summed E-state index contributed by atoms with van der Waals surface area (Å²) in [5.74, 6) is -0.0759. The number of halogens is 3. The van der Waals surface area contributed by atoms with Gasteiger partial charge in [0.2, 0.25) is 5.91 Å². The van der Waals surface area contributed by atoms with E-state index in [1.807, 2.05) is 20.8 Å². The fourth-order valence-electron chi connectivity index (χ4n) is 3.61. The van der Waals surface area contributed by atoms with E-state index in [1.54, 1.807) is 11.0 Å². The van der Waals surface area contributed by atoms with E-state index in [4.69, 9.17) is 4.74 Å². The number of rotatable bonds is 4. The number of fused-ring (bicyclic) bond motifs is 1. The third-order valence-corrected chi connectivity index (χ3v) is 5.19. The monoisotopic (exact) mass is 412 g/mol. The smallest absolute Gasteiger partial charge is 0.384 e. The number of hydrogen-bond acceptors (Lipinski definition) is 4. The summed E-state index contributed by atoms with van der Waals surface area (Å²) < 4.78 is 47.0. The number of alkyl halides is 3. The second-order valence-electron chi connectivity index (χ2n) is 8.46. The fourth-order valence-corrected chi connectivity index (χ4v) is 3.61. The summed E-state index contributed by atoms with van der Waals surface area (Å²) >= 11 is 0. The van der Waals surface area contributed by atoms with Crippen LogP contribution >= 0.6 is 0 Å². The normalized spacial score (nSPS) is 18.4. The van der Waals surface area contributed by atoms with Crippen LogP contribution in [0.2, 0.25) is 0 Å². The Hall–Kier alpha value is -2.16. The minimum Gasteiger partial charge on any atom is -0.384 e. The molecule has 1 saturated heterocycles. The van der Waals surface area contributed by atoms with Gasteiger partial charge in [-0.05, 0) is 25.3 Å². The van der Waals surface area contributed by atoms with Crippen molar-refractivity contribution in [3.8, 4) is 0 Å². The number of ether oxygens (including phenoxy) is 1. The van der Waals surface area contributed by atoms with Crippen LogP contribution in [0.1, 0.15) is 69.6 Å². The molecule has 1 aliphatic rings. The topological polar surface area (TPSA) is 59.7 Å². The van der Waals surface area contributed by atoms with Crippen LogP contribution < -0.4 is 0 Å². The Morgan fingerprint density at radius 1 is 1.24 bits per heavy atom. The van der Waals surface area contributed by atoms with Crippen molar-refractivity contribution in [3.63, 3.8) is 0 Å². The highest BCUT2D eigenvalue weighted by molar-refractivity contribution is 5.77. The molecule has 2 aromatic heterocycles. The zero-order valence-corrected chi connectivity index (χ0v) is 17.2. The van der Waals surface area contributed by atoms with E-state index < -0.39 is 17.3 Å². The molecule has 0 aliphatic carbocycles. The SMILES string of the molecule is COCCC(=O)N1CCCC[C@H]1c1cc2nc(C(C)(C)C)cc(C(F)(F)F)n2n1. The number of carbonyl (C=O) groups excluding carboxylic acids is 1. The maximum absolute atomic E-state index is 13.7. The minimum atomic E-state index is -4.56. The first-order valence-corrected chi connectivity index (χ1v) is 9.79. The van der Waals surface area contributed by atoms with Crippen molar-refractivity contribution in [1.29, 1.82) is 0 Å². The predicted molar refractivity (Wildman–Crippen MR) is 101 cm³/mol. The van der Waals surface area contributed by atoms with Crippen molar-refractivity contribution in [3.05, 3.63) is 29.2 Å². The first-order chi connectivity index (χ1) is 13.5. The van der Waals surface area contributed by atoms with Gasteiger partial charge >= 0.3 is 6.18 Å². The van der Waals surface area contributed by atoms with Crippen molar-refractivity contribution in [2.24, 2.45) is 0 Å². The molecule has 6 nitrogen and oxygen atoms in total. The van der Waals surface area contributed by atoms with Gasteiger partial charge in [-0.15, -0.1) is 0 Å². The van der Waals surface area contributed by atoms with E-state index in [9.17, 15) is 18.0 Å². The van der Waals surface area contributed by atoms with Gasteiger partial charge in [0.25, 0.3) is 0 Å². The molecule has 2 aromatic rings. The van der Waals surface area contributed by atoms with Crippen LogP contribution in [0.3, 0.4) is 0 Å². The Kier molecular flexibility index (Phi) is 5.89. The van der Waals surface area contributed by atoms with Gasteiger partial charge in [-0.2, -0.15) is 18.3 Å². The van der Waals surface area contributed by atoms with Gasteiger partial charge in [0.05, 0.1) is 30.5 Å². The summed E-state index contributed by atoms with van der Waals surface area (Å²) in [4.78, 5) is 18.7. The van der Waals surface area contributed by atoms with Gasteiger partial charge in [-0.1, -0.05) is 20.8 Å². The summed E-state index contributed by atoms with van der Waals surface area (Å²) in [5, 5.41) is 4.25. The fraction of sp³-hybridized carbons (Fsp3) is 0.650. The molecule has 1 aliphatic heterocycles. The van der Waals surface area contributed by atoms with Gasteiger partial charge in [0.15, 0.2) is 5.65 Å². The highest BCUT2D eigenvalue weighted by Gasteiger charge is 2.37. The van der Waals surface area contributed by atoms with Crippen LogP contribution in [0.25, 0.3) is 5.65 Å². The predicted octanol–water partition coefficient (Wildman–Crippen LogP) is 4.14. The lowest BCUT2D eigenvalue weighted by Crippen LogP contribution is -2.39. The molecule has 1 fully saturated rings. The number of methoxy groups -OCH3 is 1. The van der Waals surface area contributed by atoms with Gasteiger partial charge in [0.1, 0.15) is 5.69 Å². The Morgan fingerprint density at radius 3 is 2.59 bits per heavy atom. The Balaban J connectivity index is 2.06. The number of amides is 1. The lowest BCUT2D eigenvalue weighted by Gasteiger charge is -2.34. The molecule has 0 unspecified atom stereocenters. The second kappa shape index (κ2) is 7.93. The van der Waals surface area contributed by atoms with Crippen molar-refractivity contribution >= 4 is 11.6 Å². The highest BCUT2D eigenvalue weighted by atomic mass is 19.4. The molecule has 0 spiro atoms. The molecule has 160 valence electrons. The second-order valence-corrected chi connectivity index (χ2v) is 8.46. The number of aromatic nitrogens is 3. The number of carbonyl (C=O) groups is 1. The molecule has 3 rings (SSSR count). The van der Waals surface area contributed by atoms with Gasteiger partial charge < -0.3 is 9.64 Å². The largest absolute Gasteiger partial charge is 0.433 e. The van der Waals surface area contributed by atoms with E-state index in [2.05, 4.69) is 10.1 Å². The van der Waals surface area contributed by atoms with E-state index in [1.165, 1.54) is 7.11 Å². The maximum atomic E-state index is 13.7. The molecular weight excluding hydrogens is 385 g/mol. The Bertz CT molecular complexity index is 886. The van der Waals surface area contributed by atoms with Crippen molar-refractivity contribution < 1.29 is 22.7 Å². The van der Waals surface area contributed by atoms with Crippen LogP contribution in [0.4, 0.5) is 13.2 Å². The third kappa shape index (κ3) is 4.55. The lowest BCUT2D eigenvalue weighted by molar-refractivity contribution is -0.143. The van der Waals surface area contributed by atoms with E-state index >= 15 is 0 Å². The molecule has 0 saturated carbocycles. The summed E-state index contributed by atoms with van der Waals surface area (Å²) in [5.41, 5.74) is -0.458. The molecule has 1 amide bonds. The third-order valence-electron chi connectivity index (χ3n) is 5.19. The minimum absolute atomic E-state index is 0.0759. The average molecular weight is 412 g/mol. The van der Waals surface area contributed by atoms with Crippen LogP contribution in [-0.4, -0.2) is 45.7 Å². The summed E-state index contributed by atoms with van der Waals surface area (Å²) in [6.07, 6.45) is -1.91. The quantitative estimate of drug-likeness (QED) is 0.758. The number of hydrogen-bond donors (Lipinski definition) is 0. The number of likely N-dealkylation sites (tertiary alicyclic amines) is 1. The van der Waals surface area contributed by atoms with Crippen LogP contribution in [0.15, 0.2) is 12.1 Å². The molecule has 3 heterocycles. The van der Waals surface area contributed by atoms with Crippen LogP contribution in [0, 0.1) is 0 Å². The van der Waals surface area contributed by atoms with Gasteiger partial charge in [0, 0.05) is 25.1 Å². The lowest BCUT2D eigenvalue weighted by atomic mass is 9.91. The number of piperidine rings is 1. The van der Waals surface area contributed by atoms with Crippen LogP contribution in [-0.2, 0) is 21.1 Å². The zero-order valence-electron chi connectivity index (χ0n) is 17.2. The van der Waals surface area contributed by atoms with Crippen LogP contribution in [0.5, 0.6) is 0 Å². The van der Waals surface area contributed by atoms with Gasteiger partial charge in [-0.25, -0.2) is 9.50 Å². The Morgan fingerprint density at radius 2 is 1.97 bits per heavy atom. The van der Waals surface area contributed by atoms with Crippen molar-refractivity contribution in [2.45, 2.75) is 64.1 Å². The number of nitrogens with zero attached hydrogens (tertiary/aromatic N) is 4. The average Bonchev–Trinajstić information content (AvgIpc) is 3.07. The summed E-state index contributed by atoms with van der Waals surface area (Å²) in [7, 11) is 1.53. The van der Waals surface area contributed by atoms with Crippen molar-refractivity contribution in [2.75, 3.05) is 20.3 Å². The molecule has 9 heteroatoms. The maximum Gasteiger partial charge on any atom is 0.433 e. The van der Waals surface area contributed by atoms with E-state index in [0.717, 1.165) is 23.4 Å². The van der Waals surface area contributed by atoms with E-state index in [-0.39, 0.29) is 24.0 Å². The van der Waals surface area contributed by atoms with Crippen molar-refractivity contribution in [1.82, 2.24) is 19.5 Å². The van der Waals surface area contributed by atoms with E-state index in [0.29, 0.717) is 31.0 Å². The summed E-state index contributed by atoms with van der Waals surface area (Å²) in [6, 6.07) is 2.29. The molecule has 1 atom stereocenters. The molecule has 0 N–H and O–H groups in total. The summed E-state index contributed by atoms with van der Waals surface area (Å²) in [6.45, 7) is 6.33. The zero-order chi connectivity index (χ0) is 21.4. The molecule has 0 radical (unpaired) electrons. The molecule has 29 heavy (non-hydrogen) atoms. The molecule has 0 bridgehead atoms. The Labute approximate surface area is 168 Å². The van der Waals surface area contributed by atoms with Gasteiger partial charge in [-0.3, -0.25) is 4.79 Å². The molecule has 0 aromatic carbocycles. The highest BCUT2D eigenvalue weighted by Crippen LogP contribution is 2.35. The first-order valence-electron chi connectivity index (χ1n) is 9.79. The molecular formula is C20H27F3N4O2. The standard InChI is InChI=1S/C20H27F3N4O2/c1-19(2,3)15-12-16(20(21,22)23)27-17(24-15)11-13(25-27)14-7-5-6-9-26(14)18(28)8-10-29-4/h11-12,14H,5-10H2,1-4H3/t14-/m0/s1.